The third-order valence-corrected chi connectivity index (χ3v) is 2.49. The summed E-state index contributed by atoms with van der Waals surface area (Å²) in [6.45, 7) is 2.09. The molecular weight excluding hydrogens is 176 g/mol. The van der Waals surface area contributed by atoms with Crippen LogP contribution in [0.15, 0.2) is 0 Å². The molecule has 72 valence electrons. The summed E-state index contributed by atoms with van der Waals surface area (Å²) >= 11 is 1.84. The monoisotopic (exact) mass is 192 g/mol. The highest BCUT2D eigenvalue weighted by molar-refractivity contribution is 7.99. The van der Waals surface area contributed by atoms with E-state index in [0.29, 0.717) is 6.42 Å². The molecule has 0 rings (SSSR count). The van der Waals surface area contributed by atoms with Crippen molar-refractivity contribution >= 4 is 17.7 Å². The van der Waals surface area contributed by atoms with E-state index in [1.54, 1.807) is 0 Å². The van der Waals surface area contributed by atoms with Crippen molar-refractivity contribution in [3.63, 3.8) is 0 Å². The summed E-state index contributed by atoms with van der Waals surface area (Å²) in [5, 5.41) is 17.2. The summed E-state index contributed by atoms with van der Waals surface area (Å²) in [7, 11) is 0. The van der Waals surface area contributed by atoms with Gasteiger partial charge in [-0.2, -0.15) is 11.8 Å². The van der Waals surface area contributed by atoms with Crippen LogP contribution < -0.4 is 0 Å². The van der Waals surface area contributed by atoms with E-state index in [9.17, 15) is 4.79 Å². The van der Waals surface area contributed by atoms with Crippen LogP contribution in [0.3, 0.4) is 0 Å². The summed E-state index contributed by atoms with van der Waals surface area (Å²) in [4.78, 5) is 10.2. The van der Waals surface area contributed by atoms with Crippen molar-refractivity contribution in [1.82, 2.24) is 0 Å². The molecule has 0 amide bonds. The fraction of sp³-hybridized carbons (Fsp3) is 0.875. The predicted molar refractivity (Wildman–Crippen MR) is 50.5 cm³/mol. The highest BCUT2D eigenvalue weighted by Crippen LogP contribution is 2.07. The minimum Gasteiger partial charge on any atom is -0.479 e. The van der Waals surface area contributed by atoms with Crippen molar-refractivity contribution in [2.75, 3.05) is 11.5 Å². The molecule has 12 heavy (non-hydrogen) atoms. The van der Waals surface area contributed by atoms with Crippen molar-refractivity contribution in [2.45, 2.75) is 32.3 Å². The summed E-state index contributed by atoms with van der Waals surface area (Å²) in [5.74, 6) is 1.04. The van der Waals surface area contributed by atoms with Crippen LogP contribution in [0.25, 0.3) is 0 Å². The first-order valence-corrected chi connectivity index (χ1v) is 5.32. The average Bonchev–Trinajstić information content (AvgIpc) is 2.03. The number of carboxylic acid groups (broad SMARTS) is 1. The number of rotatable bonds is 7. The molecule has 1 atom stereocenters. The lowest BCUT2D eigenvalue weighted by Gasteiger charge is -2.03. The zero-order chi connectivity index (χ0) is 9.40. The molecule has 3 nitrogen and oxygen atoms in total. The van der Waals surface area contributed by atoms with Gasteiger partial charge >= 0.3 is 5.97 Å². The zero-order valence-electron chi connectivity index (χ0n) is 7.32. The van der Waals surface area contributed by atoms with Gasteiger partial charge in [-0.05, 0) is 30.8 Å². The third kappa shape index (κ3) is 6.49. The van der Waals surface area contributed by atoms with E-state index in [2.05, 4.69) is 6.92 Å². The number of aliphatic carboxylic acids is 1. The van der Waals surface area contributed by atoms with Gasteiger partial charge in [0.05, 0.1) is 0 Å². The average molecular weight is 192 g/mol. The Labute approximate surface area is 77.2 Å². The van der Waals surface area contributed by atoms with Crippen molar-refractivity contribution in [3.8, 4) is 0 Å². The van der Waals surface area contributed by atoms with Crippen LogP contribution in [0.4, 0.5) is 0 Å². The van der Waals surface area contributed by atoms with Gasteiger partial charge in [-0.25, -0.2) is 4.79 Å². The van der Waals surface area contributed by atoms with Crippen LogP contribution in [0.1, 0.15) is 26.2 Å². The normalized spacial score (nSPS) is 12.8. The Morgan fingerprint density at radius 2 is 2.17 bits per heavy atom. The number of hydrogen-bond acceptors (Lipinski definition) is 3. The van der Waals surface area contributed by atoms with E-state index in [0.717, 1.165) is 24.3 Å². The summed E-state index contributed by atoms with van der Waals surface area (Å²) in [6.07, 6.45) is 0.986. The molecule has 0 aliphatic carbocycles. The first kappa shape index (κ1) is 11.8. The van der Waals surface area contributed by atoms with Crippen LogP contribution in [-0.2, 0) is 4.79 Å². The minimum atomic E-state index is -1.17. The maximum Gasteiger partial charge on any atom is 0.332 e. The van der Waals surface area contributed by atoms with E-state index in [1.807, 2.05) is 11.8 Å². The fourth-order valence-electron chi connectivity index (χ4n) is 0.810. The molecule has 0 aromatic heterocycles. The number of unbranched alkanes of at least 4 members (excludes halogenated alkanes) is 1. The van der Waals surface area contributed by atoms with Crippen LogP contribution in [-0.4, -0.2) is 33.8 Å². The zero-order valence-corrected chi connectivity index (χ0v) is 8.14. The molecule has 0 saturated heterocycles. The second kappa shape index (κ2) is 7.43. The second-order valence-electron chi connectivity index (χ2n) is 2.55. The van der Waals surface area contributed by atoms with Crippen molar-refractivity contribution in [2.24, 2.45) is 0 Å². The topological polar surface area (TPSA) is 57.5 Å². The molecule has 0 aromatic carbocycles. The van der Waals surface area contributed by atoms with Gasteiger partial charge in [0.25, 0.3) is 0 Å². The van der Waals surface area contributed by atoms with Gasteiger partial charge in [-0.1, -0.05) is 6.92 Å². The maximum absolute atomic E-state index is 10.2. The fourth-order valence-corrected chi connectivity index (χ4v) is 1.51. The molecule has 0 saturated carbocycles. The third-order valence-electron chi connectivity index (χ3n) is 1.51. The van der Waals surface area contributed by atoms with Crippen LogP contribution >= 0.6 is 11.8 Å². The Kier molecular flexibility index (Phi) is 7.29. The van der Waals surface area contributed by atoms with Crippen molar-refractivity contribution < 1.29 is 15.0 Å². The molecule has 0 fully saturated rings. The van der Waals surface area contributed by atoms with Gasteiger partial charge in [-0.3, -0.25) is 0 Å². The summed E-state index contributed by atoms with van der Waals surface area (Å²) < 4.78 is 0. The quantitative estimate of drug-likeness (QED) is 0.598. The van der Waals surface area contributed by atoms with E-state index in [1.165, 1.54) is 0 Å². The Hall–Kier alpha value is -0.220. The Bertz CT molecular complexity index is 127. The van der Waals surface area contributed by atoms with Gasteiger partial charge in [0, 0.05) is 0 Å². The number of carboxylic acids is 1. The molecule has 0 radical (unpaired) electrons. The number of thioether (sulfide) groups is 1. The molecule has 0 aliphatic rings. The molecule has 0 bridgehead atoms. The summed E-state index contributed by atoms with van der Waals surface area (Å²) in [6, 6.07) is 0. The van der Waals surface area contributed by atoms with Crippen molar-refractivity contribution in [1.29, 1.82) is 0 Å². The van der Waals surface area contributed by atoms with Gasteiger partial charge in [0.2, 0.25) is 0 Å². The number of aliphatic hydroxyl groups is 1. The maximum atomic E-state index is 10.2. The molecule has 0 aromatic rings. The van der Waals surface area contributed by atoms with E-state index in [-0.39, 0.29) is 0 Å². The SMILES string of the molecule is CCSCCCCC(O)C(=O)O. The van der Waals surface area contributed by atoms with Crippen molar-refractivity contribution in [3.05, 3.63) is 0 Å². The standard InChI is InChI=1S/C8H16O3S/c1-2-12-6-4-3-5-7(9)8(10)11/h7,9H,2-6H2,1H3,(H,10,11). The molecule has 1 unspecified atom stereocenters. The van der Waals surface area contributed by atoms with Crippen LogP contribution in [0, 0.1) is 0 Å². The molecular formula is C8H16O3S. The Balaban J connectivity index is 3.14. The number of carbonyl (C=O) groups is 1. The lowest BCUT2D eigenvalue weighted by molar-refractivity contribution is -0.146. The Morgan fingerprint density at radius 3 is 2.67 bits per heavy atom. The molecule has 0 spiro atoms. The molecule has 0 heterocycles. The largest absolute Gasteiger partial charge is 0.479 e. The van der Waals surface area contributed by atoms with E-state index < -0.39 is 12.1 Å². The van der Waals surface area contributed by atoms with Crippen LogP contribution in [0.5, 0.6) is 0 Å². The highest BCUT2D eigenvalue weighted by atomic mass is 32.2. The van der Waals surface area contributed by atoms with E-state index in [4.69, 9.17) is 10.2 Å². The number of hydrogen-bond donors (Lipinski definition) is 2. The predicted octanol–water partition coefficient (Wildman–Crippen LogP) is 1.36. The van der Waals surface area contributed by atoms with Gasteiger partial charge < -0.3 is 10.2 Å². The molecule has 0 aliphatic heterocycles. The smallest absolute Gasteiger partial charge is 0.332 e. The lowest BCUT2D eigenvalue weighted by atomic mass is 10.2. The molecule has 4 heteroatoms. The Morgan fingerprint density at radius 1 is 1.50 bits per heavy atom. The van der Waals surface area contributed by atoms with Gasteiger partial charge in [0.1, 0.15) is 0 Å². The minimum absolute atomic E-state index is 0.375. The summed E-state index contributed by atoms with van der Waals surface area (Å²) in [5.41, 5.74) is 0. The second-order valence-corrected chi connectivity index (χ2v) is 3.94. The van der Waals surface area contributed by atoms with Crippen LogP contribution in [0.2, 0.25) is 0 Å². The number of aliphatic hydroxyl groups excluding tert-OH is 1. The first-order chi connectivity index (χ1) is 5.68. The highest BCUT2D eigenvalue weighted by Gasteiger charge is 2.11. The van der Waals surface area contributed by atoms with E-state index >= 15 is 0 Å². The molecule has 2 N–H and O–H groups in total. The lowest BCUT2D eigenvalue weighted by Crippen LogP contribution is -2.18. The van der Waals surface area contributed by atoms with Gasteiger partial charge in [0.15, 0.2) is 6.10 Å². The first-order valence-electron chi connectivity index (χ1n) is 4.17. The van der Waals surface area contributed by atoms with Gasteiger partial charge in [-0.15, -0.1) is 0 Å².